The summed E-state index contributed by atoms with van der Waals surface area (Å²) < 4.78 is 4.69. The highest BCUT2D eigenvalue weighted by Crippen LogP contribution is 2.32. The molecule has 0 aromatic rings. The molecule has 2 atom stereocenters. The molecule has 0 spiro atoms. The largest absolute Gasteiger partial charge is 0.469 e. The molecule has 1 N–H and O–H groups in total. The predicted octanol–water partition coefficient (Wildman–Crippen LogP) is 1.66. The lowest BCUT2D eigenvalue weighted by atomic mass is 9.78. The summed E-state index contributed by atoms with van der Waals surface area (Å²) in [6.45, 7) is 1.89. The van der Waals surface area contributed by atoms with Crippen LogP contribution < -0.4 is 0 Å². The summed E-state index contributed by atoms with van der Waals surface area (Å²) >= 11 is 0. The van der Waals surface area contributed by atoms with Crippen LogP contribution in [0.25, 0.3) is 0 Å². The third-order valence-electron chi connectivity index (χ3n) is 2.85. The van der Waals surface area contributed by atoms with Gasteiger partial charge in [-0.25, -0.2) is 0 Å². The molecular formula is C11H18O3. The van der Waals surface area contributed by atoms with E-state index < -0.39 is 11.5 Å². The smallest absolute Gasteiger partial charge is 0.311 e. The van der Waals surface area contributed by atoms with E-state index >= 15 is 0 Å². The molecule has 0 bridgehead atoms. The highest BCUT2D eigenvalue weighted by molar-refractivity contribution is 5.74. The Labute approximate surface area is 84.8 Å². The van der Waals surface area contributed by atoms with Crippen LogP contribution in [0.1, 0.15) is 32.6 Å². The van der Waals surface area contributed by atoms with Gasteiger partial charge in [0, 0.05) is 0 Å². The van der Waals surface area contributed by atoms with Gasteiger partial charge in [-0.3, -0.25) is 4.79 Å². The molecule has 1 rings (SSSR count). The van der Waals surface area contributed by atoms with Gasteiger partial charge in [-0.2, -0.15) is 0 Å². The number of esters is 1. The highest BCUT2D eigenvalue weighted by atomic mass is 16.5. The molecule has 0 radical (unpaired) electrons. The number of methoxy groups -OCH3 is 1. The van der Waals surface area contributed by atoms with Crippen molar-refractivity contribution in [2.24, 2.45) is 5.92 Å². The van der Waals surface area contributed by atoms with Gasteiger partial charge in [0.2, 0.25) is 0 Å². The zero-order chi connectivity index (χ0) is 10.6. The number of carbonyl (C=O) groups excluding carboxylic acids is 1. The van der Waals surface area contributed by atoms with Crippen molar-refractivity contribution in [1.29, 1.82) is 0 Å². The quantitative estimate of drug-likeness (QED) is 0.554. The molecule has 80 valence electrons. The zero-order valence-electron chi connectivity index (χ0n) is 8.82. The van der Waals surface area contributed by atoms with Gasteiger partial charge < -0.3 is 9.84 Å². The summed E-state index contributed by atoms with van der Waals surface area (Å²) in [5.41, 5.74) is -0.986. The van der Waals surface area contributed by atoms with E-state index in [1.807, 2.05) is 13.0 Å². The lowest BCUT2D eigenvalue weighted by molar-refractivity contribution is -0.153. The van der Waals surface area contributed by atoms with Gasteiger partial charge >= 0.3 is 5.97 Å². The Bertz CT molecular complexity index is 235. The van der Waals surface area contributed by atoms with Crippen LogP contribution in [0.3, 0.4) is 0 Å². The van der Waals surface area contributed by atoms with Crippen molar-refractivity contribution in [1.82, 2.24) is 0 Å². The zero-order valence-corrected chi connectivity index (χ0v) is 8.82. The topological polar surface area (TPSA) is 46.5 Å². The van der Waals surface area contributed by atoms with E-state index in [-0.39, 0.29) is 5.97 Å². The molecule has 1 aliphatic carbocycles. The number of allylic oxidation sites excluding steroid dienone is 1. The minimum Gasteiger partial charge on any atom is -0.469 e. The fourth-order valence-electron chi connectivity index (χ4n) is 2.03. The second-order valence-corrected chi connectivity index (χ2v) is 3.77. The molecule has 1 aliphatic rings. The maximum absolute atomic E-state index is 11.4. The molecule has 2 unspecified atom stereocenters. The van der Waals surface area contributed by atoms with Crippen molar-refractivity contribution in [3.63, 3.8) is 0 Å². The molecule has 0 saturated heterocycles. The van der Waals surface area contributed by atoms with E-state index in [4.69, 9.17) is 0 Å². The molecule has 0 aromatic carbocycles. The standard InChI is InChI=1S/C11H18O3/c1-3-9(10(12)14-2)11(13)7-5-4-6-8-11/h5,7,9,13H,3-4,6,8H2,1-2H3. The third kappa shape index (κ3) is 2.15. The number of aliphatic hydroxyl groups is 1. The lowest BCUT2D eigenvalue weighted by Crippen LogP contribution is -2.42. The molecule has 3 nitrogen and oxygen atoms in total. The van der Waals surface area contributed by atoms with Crippen molar-refractivity contribution in [3.8, 4) is 0 Å². The van der Waals surface area contributed by atoms with Crippen LogP contribution in [0.4, 0.5) is 0 Å². The molecule has 0 fully saturated rings. The first-order valence-corrected chi connectivity index (χ1v) is 5.12. The molecular weight excluding hydrogens is 180 g/mol. The predicted molar refractivity (Wildman–Crippen MR) is 53.7 cm³/mol. The third-order valence-corrected chi connectivity index (χ3v) is 2.85. The van der Waals surface area contributed by atoms with Crippen LogP contribution in [0.15, 0.2) is 12.2 Å². The Morgan fingerprint density at radius 3 is 2.86 bits per heavy atom. The van der Waals surface area contributed by atoms with E-state index in [9.17, 15) is 9.90 Å². The summed E-state index contributed by atoms with van der Waals surface area (Å²) in [6.07, 6.45) is 6.86. The van der Waals surface area contributed by atoms with Crippen LogP contribution in [0.5, 0.6) is 0 Å². The van der Waals surface area contributed by atoms with E-state index in [1.54, 1.807) is 6.08 Å². The van der Waals surface area contributed by atoms with Gasteiger partial charge in [0.1, 0.15) is 0 Å². The van der Waals surface area contributed by atoms with Crippen LogP contribution in [0.2, 0.25) is 0 Å². The first kappa shape index (κ1) is 11.2. The number of hydrogen-bond donors (Lipinski definition) is 1. The van der Waals surface area contributed by atoms with Gasteiger partial charge in [-0.1, -0.05) is 19.1 Å². The summed E-state index contributed by atoms with van der Waals surface area (Å²) in [4.78, 5) is 11.4. The van der Waals surface area contributed by atoms with Gasteiger partial charge in [-0.15, -0.1) is 0 Å². The Balaban J connectivity index is 2.81. The summed E-state index contributed by atoms with van der Waals surface area (Å²) in [7, 11) is 1.36. The number of hydrogen-bond acceptors (Lipinski definition) is 3. The fraction of sp³-hybridized carbons (Fsp3) is 0.727. The highest BCUT2D eigenvalue weighted by Gasteiger charge is 2.39. The Hall–Kier alpha value is -0.830. The first-order valence-electron chi connectivity index (χ1n) is 5.12. The van der Waals surface area contributed by atoms with Gasteiger partial charge in [0.15, 0.2) is 0 Å². The molecule has 0 aliphatic heterocycles. The number of carbonyl (C=O) groups is 1. The number of ether oxygens (including phenoxy) is 1. The van der Waals surface area contributed by atoms with E-state index in [0.717, 1.165) is 12.8 Å². The SMILES string of the molecule is CCC(C(=O)OC)C1(O)C=CCCC1. The van der Waals surface area contributed by atoms with Crippen LogP contribution >= 0.6 is 0 Å². The summed E-state index contributed by atoms with van der Waals surface area (Å²) in [5.74, 6) is -0.745. The van der Waals surface area contributed by atoms with Crippen LogP contribution in [-0.4, -0.2) is 23.8 Å². The van der Waals surface area contributed by atoms with E-state index in [2.05, 4.69) is 4.74 Å². The molecule has 0 heterocycles. The first-order chi connectivity index (χ1) is 6.64. The van der Waals surface area contributed by atoms with Crippen LogP contribution in [0, 0.1) is 5.92 Å². The van der Waals surface area contributed by atoms with Gasteiger partial charge in [0.25, 0.3) is 0 Å². The van der Waals surface area contributed by atoms with Crippen molar-refractivity contribution in [3.05, 3.63) is 12.2 Å². The average Bonchev–Trinajstić information content (AvgIpc) is 2.19. The molecule has 3 heteroatoms. The average molecular weight is 198 g/mol. The van der Waals surface area contributed by atoms with Crippen molar-refractivity contribution >= 4 is 5.97 Å². The van der Waals surface area contributed by atoms with E-state index in [1.165, 1.54) is 7.11 Å². The Kier molecular flexibility index (Phi) is 3.69. The number of rotatable bonds is 3. The van der Waals surface area contributed by atoms with Crippen LogP contribution in [-0.2, 0) is 9.53 Å². The molecule has 0 amide bonds. The fourth-order valence-corrected chi connectivity index (χ4v) is 2.03. The minimum atomic E-state index is -0.986. The Morgan fingerprint density at radius 2 is 2.43 bits per heavy atom. The van der Waals surface area contributed by atoms with Crippen molar-refractivity contribution in [2.45, 2.75) is 38.2 Å². The van der Waals surface area contributed by atoms with E-state index in [0.29, 0.717) is 12.8 Å². The van der Waals surface area contributed by atoms with Crippen molar-refractivity contribution < 1.29 is 14.6 Å². The maximum Gasteiger partial charge on any atom is 0.311 e. The van der Waals surface area contributed by atoms with Gasteiger partial charge in [-0.05, 0) is 25.7 Å². The lowest BCUT2D eigenvalue weighted by Gasteiger charge is -2.33. The molecule has 0 aromatic heterocycles. The van der Waals surface area contributed by atoms with Gasteiger partial charge in [0.05, 0.1) is 18.6 Å². The normalized spacial score (nSPS) is 28.5. The second-order valence-electron chi connectivity index (χ2n) is 3.77. The van der Waals surface area contributed by atoms with Crippen molar-refractivity contribution in [2.75, 3.05) is 7.11 Å². The maximum atomic E-state index is 11.4. The monoisotopic (exact) mass is 198 g/mol. The second kappa shape index (κ2) is 4.60. The minimum absolute atomic E-state index is 0.318. The molecule has 0 saturated carbocycles. The molecule has 14 heavy (non-hydrogen) atoms. The summed E-state index contributed by atoms with van der Waals surface area (Å²) in [6, 6.07) is 0. The Morgan fingerprint density at radius 1 is 1.71 bits per heavy atom. The summed E-state index contributed by atoms with van der Waals surface area (Å²) in [5, 5.41) is 10.2.